The van der Waals surface area contributed by atoms with Crippen LogP contribution in [0.5, 0.6) is 0 Å². The Morgan fingerprint density at radius 1 is 0.694 bits per heavy atom. The molecule has 0 amide bonds. The van der Waals surface area contributed by atoms with Gasteiger partial charge in [0.2, 0.25) is 0 Å². The van der Waals surface area contributed by atoms with Gasteiger partial charge < -0.3 is 0 Å². The monoisotopic (exact) mass is 612 g/mol. The summed E-state index contributed by atoms with van der Waals surface area (Å²) in [5.41, 5.74) is 3.22. The third kappa shape index (κ3) is 4.43. The van der Waals surface area contributed by atoms with Crippen LogP contribution in [0.3, 0.4) is 0 Å². The number of hydrogen-bond donors (Lipinski definition) is 0. The van der Waals surface area contributed by atoms with E-state index in [0.29, 0.717) is 15.9 Å². The van der Waals surface area contributed by atoms with E-state index in [0.717, 1.165) is 39.2 Å². The molecule has 0 atom stereocenters. The third-order valence-electron chi connectivity index (χ3n) is 6.14. The lowest BCUT2D eigenvalue weighted by Gasteiger charge is -2.21. The predicted molar refractivity (Wildman–Crippen MR) is 148 cm³/mol. The fourth-order valence-electron chi connectivity index (χ4n) is 4.55. The first-order valence-electron chi connectivity index (χ1n) is 11.3. The SMILES string of the molecule is CC(C)(C)c1ccccc1N=C1C(=Nc2c(Br)cc(Br)cc2C(F)(F)F)c2cccc3cccc1c23. The number of nitrogens with zero attached hydrogens (tertiary/aromatic N) is 2. The van der Waals surface area contributed by atoms with Gasteiger partial charge in [-0.25, -0.2) is 9.98 Å². The van der Waals surface area contributed by atoms with Crippen molar-refractivity contribution in [2.45, 2.75) is 32.4 Å². The highest BCUT2D eigenvalue weighted by Gasteiger charge is 2.36. The molecule has 1 aliphatic rings. The molecule has 0 aromatic heterocycles. The molecule has 4 aromatic carbocycles. The van der Waals surface area contributed by atoms with Gasteiger partial charge in [0.15, 0.2) is 0 Å². The van der Waals surface area contributed by atoms with E-state index in [2.05, 4.69) is 57.6 Å². The molecule has 0 fully saturated rings. The molecule has 5 rings (SSSR count). The minimum absolute atomic E-state index is 0.173. The molecule has 1 aliphatic carbocycles. The summed E-state index contributed by atoms with van der Waals surface area (Å²) in [4.78, 5) is 9.73. The maximum Gasteiger partial charge on any atom is 0.418 e. The van der Waals surface area contributed by atoms with Crippen molar-refractivity contribution in [3.8, 4) is 0 Å². The van der Waals surface area contributed by atoms with Crippen molar-refractivity contribution in [3.63, 3.8) is 0 Å². The van der Waals surface area contributed by atoms with Gasteiger partial charge in [-0.3, -0.25) is 0 Å². The number of benzene rings is 4. The van der Waals surface area contributed by atoms with Gasteiger partial charge in [-0.2, -0.15) is 13.2 Å². The summed E-state index contributed by atoms with van der Waals surface area (Å²) in [6, 6.07) is 22.1. The van der Waals surface area contributed by atoms with Gasteiger partial charge in [-0.05, 0) is 50.5 Å². The molecule has 0 spiro atoms. The minimum Gasteiger partial charge on any atom is -0.246 e. The average molecular weight is 614 g/mol. The quantitative estimate of drug-likeness (QED) is 0.215. The Balaban J connectivity index is 1.85. The standard InChI is InChI=1S/C29H21Br2F3N2/c1-28(2,3)20-12-4-5-13-23(20)35-25-18-10-6-8-16-9-7-11-19(24(16)18)26(25)36-27-21(29(32,33)34)14-17(30)15-22(27)31/h4-15H,1-3H3. The van der Waals surface area contributed by atoms with Crippen LogP contribution in [0.4, 0.5) is 24.5 Å². The zero-order valence-corrected chi connectivity index (χ0v) is 22.9. The highest BCUT2D eigenvalue weighted by atomic mass is 79.9. The van der Waals surface area contributed by atoms with Crippen LogP contribution in [0, 0.1) is 0 Å². The number of hydrogen-bond acceptors (Lipinski definition) is 2. The fourth-order valence-corrected chi connectivity index (χ4v) is 5.86. The molecule has 0 radical (unpaired) electrons. The van der Waals surface area contributed by atoms with Crippen LogP contribution >= 0.6 is 31.9 Å². The molecule has 0 unspecified atom stereocenters. The molecule has 182 valence electrons. The first-order valence-corrected chi connectivity index (χ1v) is 12.9. The summed E-state index contributed by atoms with van der Waals surface area (Å²) >= 11 is 6.50. The van der Waals surface area contributed by atoms with Gasteiger partial charge in [0, 0.05) is 25.5 Å². The van der Waals surface area contributed by atoms with Crippen LogP contribution in [0.15, 0.2) is 91.7 Å². The number of rotatable bonds is 2. The lowest BCUT2D eigenvalue weighted by atomic mass is 9.86. The Morgan fingerprint density at radius 2 is 1.31 bits per heavy atom. The van der Waals surface area contributed by atoms with Crippen LogP contribution in [0.1, 0.15) is 43.0 Å². The maximum atomic E-state index is 14.1. The number of alkyl halides is 3. The van der Waals surface area contributed by atoms with Crippen molar-refractivity contribution in [1.82, 2.24) is 0 Å². The Kier molecular flexibility index (Phi) is 6.20. The fraction of sp³-hybridized carbons (Fsp3) is 0.172. The van der Waals surface area contributed by atoms with Gasteiger partial charge in [0.1, 0.15) is 0 Å². The molecule has 2 nitrogen and oxygen atoms in total. The Morgan fingerprint density at radius 3 is 1.92 bits per heavy atom. The van der Waals surface area contributed by atoms with E-state index in [1.807, 2.05) is 60.7 Å². The van der Waals surface area contributed by atoms with Crippen LogP contribution in [-0.2, 0) is 11.6 Å². The average Bonchev–Trinajstić information content (AvgIpc) is 3.09. The van der Waals surface area contributed by atoms with Crippen molar-refractivity contribution in [2.75, 3.05) is 0 Å². The van der Waals surface area contributed by atoms with E-state index < -0.39 is 11.7 Å². The number of para-hydroxylation sites is 1. The molecule has 36 heavy (non-hydrogen) atoms. The van der Waals surface area contributed by atoms with Crippen molar-refractivity contribution >= 4 is 65.4 Å². The molecule has 4 aromatic rings. The lowest BCUT2D eigenvalue weighted by molar-refractivity contribution is -0.137. The maximum absolute atomic E-state index is 14.1. The zero-order chi connectivity index (χ0) is 25.8. The first kappa shape index (κ1) is 24.9. The van der Waals surface area contributed by atoms with Crippen LogP contribution in [0.2, 0.25) is 0 Å². The summed E-state index contributed by atoms with van der Waals surface area (Å²) in [6.45, 7) is 6.33. The van der Waals surface area contributed by atoms with Crippen molar-refractivity contribution in [2.24, 2.45) is 9.98 Å². The smallest absolute Gasteiger partial charge is 0.246 e. The number of halogens is 5. The molecule has 0 saturated carbocycles. The molecule has 0 saturated heterocycles. The molecule has 0 bridgehead atoms. The molecule has 7 heteroatoms. The second kappa shape index (κ2) is 8.96. The van der Waals surface area contributed by atoms with E-state index >= 15 is 0 Å². The van der Waals surface area contributed by atoms with Crippen molar-refractivity contribution in [1.29, 1.82) is 0 Å². The number of aliphatic imine (C=N–C) groups is 2. The largest absolute Gasteiger partial charge is 0.418 e. The second-order valence-corrected chi connectivity index (χ2v) is 11.4. The van der Waals surface area contributed by atoms with Gasteiger partial charge >= 0.3 is 6.18 Å². The minimum atomic E-state index is -4.58. The van der Waals surface area contributed by atoms with E-state index in [4.69, 9.17) is 4.99 Å². The third-order valence-corrected chi connectivity index (χ3v) is 7.20. The van der Waals surface area contributed by atoms with E-state index in [1.54, 1.807) is 6.07 Å². The second-order valence-electron chi connectivity index (χ2n) is 9.68. The van der Waals surface area contributed by atoms with Crippen LogP contribution < -0.4 is 0 Å². The zero-order valence-electron chi connectivity index (χ0n) is 19.7. The molecule has 0 aliphatic heterocycles. The lowest BCUT2D eigenvalue weighted by Crippen LogP contribution is -2.14. The topological polar surface area (TPSA) is 24.7 Å². The van der Waals surface area contributed by atoms with Gasteiger partial charge in [-0.15, -0.1) is 0 Å². The Bertz CT molecular complexity index is 1570. The summed E-state index contributed by atoms with van der Waals surface area (Å²) in [5, 5.41) is 1.92. The molecular formula is C29H21Br2F3N2. The van der Waals surface area contributed by atoms with Crippen molar-refractivity contribution < 1.29 is 13.2 Å². The van der Waals surface area contributed by atoms with Crippen LogP contribution in [-0.4, -0.2) is 11.4 Å². The van der Waals surface area contributed by atoms with Gasteiger partial charge in [0.25, 0.3) is 0 Å². The summed E-state index contributed by atoms with van der Waals surface area (Å²) in [6.07, 6.45) is -4.58. The predicted octanol–water partition coefficient (Wildman–Crippen LogP) is 9.94. The van der Waals surface area contributed by atoms with E-state index in [1.165, 1.54) is 0 Å². The normalized spacial score (nSPS) is 15.9. The Labute approximate surface area is 224 Å². The first-order chi connectivity index (χ1) is 16.9. The highest BCUT2D eigenvalue weighted by molar-refractivity contribution is 9.11. The van der Waals surface area contributed by atoms with Crippen molar-refractivity contribution in [3.05, 3.63) is 104 Å². The molecule has 0 N–H and O–H groups in total. The Hall–Kier alpha value is -2.77. The summed E-state index contributed by atoms with van der Waals surface area (Å²) in [7, 11) is 0. The van der Waals surface area contributed by atoms with E-state index in [9.17, 15) is 13.2 Å². The summed E-state index contributed by atoms with van der Waals surface area (Å²) in [5.74, 6) is 0. The molecular weight excluding hydrogens is 593 g/mol. The molecule has 0 heterocycles. The summed E-state index contributed by atoms with van der Waals surface area (Å²) < 4.78 is 42.7. The van der Waals surface area contributed by atoms with Gasteiger partial charge in [0.05, 0.1) is 28.4 Å². The van der Waals surface area contributed by atoms with Crippen LogP contribution in [0.25, 0.3) is 10.8 Å². The van der Waals surface area contributed by atoms with Gasteiger partial charge in [-0.1, -0.05) is 91.3 Å². The van der Waals surface area contributed by atoms with E-state index in [-0.39, 0.29) is 15.6 Å². The highest BCUT2D eigenvalue weighted by Crippen LogP contribution is 2.44.